The molecule has 1 amide bonds. The fourth-order valence-corrected chi connectivity index (χ4v) is 3.97. The van der Waals surface area contributed by atoms with E-state index in [1.807, 2.05) is 18.2 Å². The minimum atomic E-state index is 0.304. The van der Waals surface area contributed by atoms with Gasteiger partial charge in [0.1, 0.15) is 5.75 Å². The van der Waals surface area contributed by atoms with Crippen LogP contribution in [0.1, 0.15) is 31.2 Å². The summed E-state index contributed by atoms with van der Waals surface area (Å²) in [6, 6.07) is 5.86. The minimum Gasteiger partial charge on any atom is -0.497 e. The van der Waals surface area contributed by atoms with Crippen LogP contribution in [0.5, 0.6) is 5.75 Å². The summed E-state index contributed by atoms with van der Waals surface area (Å²) in [5.41, 5.74) is 1.13. The first-order valence-electron chi connectivity index (χ1n) is 9.70. The molecule has 0 aromatic heterocycles. The zero-order valence-electron chi connectivity index (χ0n) is 15.8. The molecule has 3 rings (SSSR count). The Labute approximate surface area is 161 Å². The molecule has 2 heterocycles. The van der Waals surface area contributed by atoms with Crippen molar-refractivity contribution in [3.05, 3.63) is 28.8 Å². The predicted molar refractivity (Wildman–Crippen MR) is 105 cm³/mol. The molecule has 2 aliphatic rings. The van der Waals surface area contributed by atoms with Crippen molar-refractivity contribution in [1.29, 1.82) is 0 Å². The van der Waals surface area contributed by atoms with Crippen LogP contribution in [0.4, 0.5) is 0 Å². The zero-order chi connectivity index (χ0) is 18.4. The smallest absolute Gasteiger partial charge is 0.236 e. The first-order valence-corrected chi connectivity index (χ1v) is 10.1. The van der Waals surface area contributed by atoms with Gasteiger partial charge in [-0.15, -0.1) is 0 Å². The number of nitrogens with zero attached hydrogens (tertiary/aromatic N) is 3. The molecule has 6 heteroatoms. The van der Waals surface area contributed by atoms with E-state index in [4.69, 9.17) is 16.3 Å². The second-order valence-electron chi connectivity index (χ2n) is 7.30. The summed E-state index contributed by atoms with van der Waals surface area (Å²) in [5.74, 6) is 1.09. The van der Waals surface area contributed by atoms with E-state index in [1.165, 1.54) is 12.8 Å². The maximum atomic E-state index is 12.5. The van der Waals surface area contributed by atoms with Gasteiger partial charge in [-0.3, -0.25) is 14.6 Å². The van der Waals surface area contributed by atoms with Gasteiger partial charge in [-0.1, -0.05) is 30.5 Å². The Morgan fingerprint density at radius 3 is 2.27 bits per heavy atom. The maximum Gasteiger partial charge on any atom is 0.236 e. The summed E-state index contributed by atoms with van der Waals surface area (Å²) in [6.45, 7) is 7.10. The number of likely N-dealkylation sites (tertiary alicyclic amines) is 1. The molecular formula is C20H30ClN3O2. The molecule has 0 N–H and O–H groups in total. The molecule has 2 saturated heterocycles. The van der Waals surface area contributed by atoms with Gasteiger partial charge in [0.05, 0.1) is 13.7 Å². The van der Waals surface area contributed by atoms with Crippen LogP contribution < -0.4 is 4.74 Å². The van der Waals surface area contributed by atoms with Crippen LogP contribution in [0.25, 0.3) is 0 Å². The number of benzene rings is 1. The van der Waals surface area contributed by atoms with Crippen molar-refractivity contribution in [1.82, 2.24) is 14.7 Å². The molecule has 2 aliphatic heterocycles. The first kappa shape index (κ1) is 19.5. The lowest BCUT2D eigenvalue weighted by Crippen LogP contribution is -2.49. The van der Waals surface area contributed by atoms with Crippen LogP contribution in [-0.2, 0) is 11.3 Å². The van der Waals surface area contributed by atoms with Gasteiger partial charge in [0.2, 0.25) is 5.91 Å². The summed E-state index contributed by atoms with van der Waals surface area (Å²) in [7, 11) is 1.65. The number of rotatable bonds is 5. The molecule has 0 bridgehead atoms. The van der Waals surface area contributed by atoms with Gasteiger partial charge in [0.15, 0.2) is 0 Å². The Hall–Kier alpha value is -1.30. The number of methoxy groups -OCH3 is 1. The molecule has 1 aromatic carbocycles. The van der Waals surface area contributed by atoms with E-state index in [0.717, 1.165) is 75.0 Å². The Kier molecular flexibility index (Phi) is 7.17. The molecule has 144 valence electrons. The van der Waals surface area contributed by atoms with Gasteiger partial charge in [-0.25, -0.2) is 0 Å². The number of piperazine rings is 1. The number of halogens is 1. The van der Waals surface area contributed by atoms with Crippen LogP contribution in [0.3, 0.4) is 0 Å². The van der Waals surface area contributed by atoms with E-state index < -0.39 is 0 Å². The highest BCUT2D eigenvalue weighted by Gasteiger charge is 2.22. The van der Waals surface area contributed by atoms with E-state index in [2.05, 4.69) is 14.7 Å². The van der Waals surface area contributed by atoms with Crippen molar-refractivity contribution in [2.45, 2.75) is 32.2 Å². The van der Waals surface area contributed by atoms with E-state index in [-0.39, 0.29) is 0 Å². The van der Waals surface area contributed by atoms with Gasteiger partial charge in [0, 0.05) is 50.8 Å². The average Bonchev–Trinajstić information content (AvgIpc) is 2.94. The second-order valence-corrected chi connectivity index (χ2v) is 7.71. The Morgan fingerprint density at radius 2 is 1.65 bits per heavy atom. The van der Waals surface area contributed by atoms with Crippen molar-refractivity contribution < 1.29 is 9.53 Å². The Bertz CT molecular complexity index is 595. The third kappa shape index (κ3) is 5.35. The number of hydrogen-bond acceptors (Lipinski definition) is 4. The molecule has 5 nitrogen and oxygen atoms in total. The maximum absolute atomic E-state index is 12.5. The average molecular weight is 380 g/mol. The SMILES string of the molecule is COc1ccc(CN2CCN(CC(=O)N3CCCCCC3)CC2)c(Cl)c1. The molecule has 2 fully saturated rings. The largest absolute Gasteiger partial charge is 0.497 e. The van der Waals surface area contributed by atoms with Crippen molar-refractivity contribution in [3.8, 4) is 5.75 Å². The summed E-state index contributed by atoms with van der Waals surface area (Å²) in [6.07, 6.45) is 4.83. The molecule has 26 heavy (non-hydrogen) atoms. The fourth-order valence-electron chi connectivity index (χ4n) is 3.74. The number of amides is 1. The molecule has 0 atom stereocenters. The zero-order valence-corrected chi connectivity index (χ0v) is 16.5. The van der Waals surface area contributed by atoms with Crippen molar-refractivity contribution in [2.24, 2.45) is 0 Å². The van der Waals surface area contributed by atoms with E-state index in [0.29, 0.717) is 12.5 Å². The van der Waals surface area contributed by atoms with Crippen LogP contribution in [-0.4, -0.2) is 73.5 Å². The van der Waals surface area contributed by atoms with Crippen LogP contribution in [0, 0.1) is 0 Å². The van der Waals surface area contributed by atoms with E-state index >= 15 is 0 Å². The Morgan fingerprint density at radius 1 is 1.00 bits per heavy atom. The van der Waals surface area contributed by atoms with Crippen LogP contribution >= 0.6 is 11.6 Å². The highest BCUT2D eigenvalue weighted by Crippen LogP contribution is 2.24. The quantitative estimate of drug-likeness (QED) is 0.788. The lowest BCUT2D eigenvalue weighted by atomic mass is 10.2. The van der Waals surface area contributed by atoms with E-state index in [9.17, 15) is 4.79 Å². The number of carbonyl (C=O) groups excluding carboxylic acids is 1. The van der Waals surface area contributed by atoms with Gasteiger partial charge < -0.3 is 9.64 Å². The van der Waals surface area contributed by atoms with Gasteiger partial charge in [-0.05, 0) is 30.5 Å². The first-order chi connectivity index (χ1) is 12.7. The van der Waals surface area contributed by atoms with Crippen molar-refractivity contribution in [3.63, 3.8) is 0 Å². The molecular weight excluding hydrogens is 350 g/mol. The van der Waals surface area contributed by atoms with Gasteiger partial charge >= 0.3 is 0 Å². The topological polar surface area (TPSA) is 36.0 Å². The molecule has 0 saturated carbocycles. The van der Waals surface area contributed by atoms with Gasteiger partial charge in [-0.2, -0.15) is 0 Å². The molecule has 0 unspecified atom stereocenters. The van der Waals surface area contributed by atoms with Gasteiger partial charge in [0.25, 0.3) is 0 Å². The standard InChI is InChI=1S/C20H30ClN3O2/c1-26-18-7-6-17(19(21)14-18)15-22-10-12-23(13-11-22)16-20(25)24-8-4-2-3-5-9-24/h6-7,14H,2-5,8-13,15-16H2,1H3. The van der Waals surface area contributed by atoms with Crippen LogP contribution in [0.2, 0.25) is 5.02 Å². The predicted octanol–water partition coefficient (Wildman–Crippen LogP) is 2.87. The summed E-state index contributed by atoms with van der Waals surface area (Å²) < 4.78 is 5.21. The molecule has 0 aliphatic carbocycles. The lowest BCUT2D eigenvalue weighted by molar-refractivity contribution is -0.132. The monoisotopic (exact) mass is 379 g/mol. The number of hydrogen-bond donors (Lipinski definition) is 0. The summed E-state index contributed by atoms with van der Waals surface area (Å²) in [4.78, 5) is 19.3. The fraction of sp³-hybridized carbons (Fsp3) is 0.650. The highest BCUT2D eigenvalue weighted by molar-refractivity contribution is 6.31. The van der Waals surface area contributed by atoms with Crippen molar-refractivity contribution >= 4 is 17.5 Å². The normalized spacial score (nSPS) is 20.0. The molecule has 0 spiro atoms. The van der Waals surface area contributed by atoms with Crippen molar-refractivity contribution in [2.75, 3.05) is 52.9 Å². The lowest BCUT2D eigenvalue weighted by Gasteiger charge is -2.35. The minimum absolute atomic E-state index is 0.304. The number of carbonyl (C=O) groups is 1. The van der Waals surface area contributed by atoms with E-state index in [1.54, 1.807) is 7.11 Å². The third-order valence-corrected chi connectivity index (χ3v) is 5.79. The van der Waals surface area contributed by atoms with Crippen LogP contribution in [0.15, 0.2) is 18.2 Å². The summed E-state index contributed by atoms with van der Waals surface area (Å²) >= 11 is 6.36. The third-order valence-electron chi connectivity index (χ3n) is 5.44. The molecule has 1 aromatic rings. The Balaban J connectivity index is 1.44. The second kappa shape index (κ2) is 9.58. The number of ether oxygens (including phenoxy) is 1. The highest BCUT2D eigenvalue weighted by atomic mass is 35.5. The summed E-state index contributed by atoms with van der Waals surface area (Å²) in [5, 5.41) is 0.753. The molecule has 0 radical (unpaired) electrons.